The highest BCUT2D eigenvalue weighted by Gasteiger charge is 2.11. The summed E-state index contributed by atoms with van der Waals surface area (Å²) in [5, 5.41) is 11.0. The molecule has 0 aliphatic rings. The van der Waals surface area contributed by atoms with Crippen LogP contribution in [-0.4, -0.2) is 10.4 Å². The summed E-state index contributed by atoms with van der Waals surface area (Å²) in [7, 11) is 0. The Balaban J connectivity index is 2.35. The van der Waals surface area contributed by atoms with Gasteiger partial charge < -0.3 is 4.57 Å². The van der Waals surface area contributed by atoms with E-state index in [-0.39, 0.29) is 5.78 Å². The molecule has 0 saturated heterocycles. The second kappa shape index (κ2) is 4.82. The maximum atomic E-state index is 11.6. The first-order chi connectivity index (χ1) is 9.72. The van der Waals surface area contributed by atoms with E-state index in [1.165, 1.54) is 0 Å². The van der Waals surface area contributed by atoms with E-state index >= 15 is 0 Å². The number of benzene rings is 2. The van der Waals surface area contributed by atoms with E-state index in [0.717, 1.165) is 27.4 Å². The molecule has 3 nitrogen and oxygen atoms in total. The lowest BCUT2D eigenvalue weighted by Gasteiger charge is -2.04. The van der Waals surface area contributed by atoms with Crippen LogP contribution in [0.4, 0.5) is 0 Å². The average Bonchev–Trinajstić information content (AvgIpc) is 2.78. The number of fused-ring (bicyclic) bond motifs is 3. The second-order valence-electron chi connectivity index (χ2n) is 4.87. The molecule has 3 heteroatoms. The summed E-state index contributed by atoms with van der Waals surface area (Å²) >= 11 is 0. The van der Waals surface area contributed by atoms with Gasteiger partial charge in [-0.15, -0.1) is 0 Å². The molecule has 98 valence electrons. The zero-order valence-electron chi connectivity index (χ0n) is 11.3. The molecule has 0 aliphatic carbocycles. The molecule has 0 spiro atoms. The Bertz CT molecular complexity index is 852. The molecule has 3 aromatic rings. The van der Waals surface area contributed by atoms with Crippen molar-refractivity contribution < 1.29 is 4.79 Å². The van der Waals surface area contributed by atoms with Crippen LogP contribution in [0.25, 0.3) is 21.8 Å². The van der Waals surface area contributed by atoms with Gasteiger partial charge in [0.2, 0.25) is 0 Å². The van der Waals surface area contributed by atoms with Gasteiger partial charge in [0.1, 0.15) is 0 Å². The SMILES string of the molecule is CC(=O)c1ccc2c(c1)c1ccccc1n2CCC#N. The number of nitriles is 1. The number of aryl methyl sites for hydroxylation is 1. The number of rotatable bonds is 3. The van der Waals surface area contributed by atoms with Crippen molar-refractivity contribution in [2.24, 2.45) is 0 Å². The third kappa shape index (κ3) is 1.86. The largest absolute Gasteiger partial charge is 0.339 e. The lowest BCUT2D eigenvalue weighted by Crippen LogP contribution is -1.97. The fraction of sp³-hybridized carbons (Fsp3) is 0.176. The predicted molar refractivity (Wildman–Crippen MR) is 79.7 cm³/mol. The fourth-order valence-electron chi connectivity index (χ4n) is 2.68. The van der Waals surface area contributed by atoms with Crippen LogP contribution in [-0.2, 0) is 6.54 Å². The van der Waals surface area contributed by atoms with Crippen molar-refractivity contribution in [3.8, 4) is 6.07 Å². The first kappa shape index (κ1) is 12.4. The number of carbonyl (C=O) groups excluding carboxylic acids is 1. The summed E-state index contributed by atoms with van der Waals surface area (Å²) in [5.41, 5.74) is 2.91. The van der Waals surface area contributed by atoms with Crippen LogP contribution in [0.15, 0.2) is 42.5 Å². The quantitative estimate of drug-likeness (QED) is 0.672. The Kier molecular flexibility index (Phi) is 3.00. The first-order valence-electron chi connectivity index (χ1n) is 6.61. The summed E-state index contributed by atoms with van der Waals surface area (Å²) in [6, 6.07) is 16.1. The van der Waals surface area contributed by atoms with Crippen LogP contribution < -0.4 is 0 Å². The van der Waals surface area contributed by atoms with E-state index in [4.69, 9.17) is 5.26 Å². The van der Waals surface area contributed by atoms with Crippen molar-refractivity contribution in [2.75, 3.05) is 0 Å². The topological polar surface area (TPSA) is 45.8 Å². The Hall–Kier alpha value is -2.60. The summed E-state index contributed by atoms with van der Waals surface area (Å²) < 4.78 is 2.15. The van der Waals surface area contributed by atoms with E-state index in [1.807, 2.05) is 30.3 Å². The van der Waals surface area contributed by atoms with Gasteiger partial charge in [-0.25, -0.2) is 0 Å². The molecule has 0 N–H and O–H groups in total. The minimum atomic E-state index is 0.0701. The van der Waals surface area contributed by atoms with Gasteiger partial charge in [0.05, 0.1) is 12.5 Å². The normalized spacial score (nSPS) is 10.8. The molecule has 0 atom stereocenters. The van der Waals surface area contributed by atoms with Crippen molar-refractivity contribution in [1.82, 2.24) is 4.57 Å². The van der Waals surface area contributed by atoms with Crippen molar-refractivity contribution in [3.63, 3.8) is 0 Å². The summed E-state index contributed by atoms with van der Waals surface area (Å²) in [6.07, 6.45) is 0.474. The van der Waals surface area contributed by atoms with Crippen LogP contribution in [0.3, 0.4) is 0 Å². The van der Waals surface area contributed by atoms with Gasteiger partial charge in [0.25, 0.3) is 0 Å². The number of hydrogen-bond donors (Lipinski definition) is 0. The summed E-state index contributed by atoms with van der Waals surface area (Å²) in [5.74, 6) is 0.0701. The van der Waals surface area contributed by atoms with Gasteiger partial charge >= 0.3 is 0 Å². The number of aromatic nitrogens is 1. The van der Waals surface area contributed by atoms with Crippen molar-refractivity contribution >= 4 is 27.6 Å². The Morgan fingerprint density at radius 3 is 2.65 bits per heavy atom. The van der Waals surface area contributed by atoms with E-state index in [2.05, 4.69) is 22.8 Å². The molecule has 20 heavy (non-hydrogen) atoms. The summed E-state index contributed by atoms with van der Waals surface area (Å²) in [4.78, 5) is 11.6. The molecule has 2 aromatic carbocycles. The zero-order valence-corrected chi connectivity index (χ0v) is 11.3. The van der Waals surface area contributed by atoms with Crippen LogP contribution in [0.5, 0.6) is 0 Å². The number of nitrogens with zero attached hydrogens (tertiary/aromatic N) is 2. The third-order valence-corrected chi connectivity index (χ3v) is 3.63. The smallest absolute Gasteiger partial charge is 0.159 e. The fourth-order valence-corrected chi connectivity index (χ4v) is 2.68. The van der Waals surface area contributed by atoms with Crippen molar-refractivity contribution in [2.45, 2.75) is 19.9 Å². The number of Topliss-reactive ketones (excluding diaryl/α,β-unsaturated/α-hetero) is 1. The Labute approximate surface area is 117 Å². The minimum absolute atomic E-state index is 0.0701. The number of carbonyl (C=O) groups is 1. The van der Waals surface area contributed by atoms with Crippen LogP contribution in [0, 0.1) is 11.3 Å². The molecule has 0 bridgehead atoms. The molecule has 0 unspecified atom stereocenters. The molecule has 0 amide bonds. The highest BCUT2D eigenvalue weighted by molar-refractivity contribution is 6.10. The molecular formula is C17H14N2O. The molecule has 0 aliphatic heterocycles. The number of hydrogen-bond acceptors (Lipinski definition) is 2. The maximum Gasteiger partial charge on any atom is 0.159 e. The lowest BCUT2D eigenvalue weighted by atomic mass is 10.1. The number of para-hydroxylation sites is 1. The molecule has 0 fully saturated rings. The Morgan fingerprint density at radius 1 is 1.15 bits per heavy atom. The number of ketones is 1. The Morgan fingerprint density at radius 2 is 1.90 bits per heavy atom. The molecule has 1 aromatic heterocycles. The van der Waals surface area contributed by atoms with Gasteiger partial charge in [-0.1, -0.05) is 18.2 Å². The molecular weight excluding hydrogens is 248 g/mol. The van der Waals surface area contributed by atoms with E-state index < -0.39 is 0 Å². The minimum Gasteiger partial charge on any atom is -0.339 e. The van der Waals surface area contributed by atoms with E-state index in [1.54, 1.807) is 6.92 Å². The van der Waals surface area contributed by atoms with Gasteiger partial charge in [-0.2, -0.15) is 5.26 Å². The molecule has 1 heterocycles. The van der Waals surface area contributed by atoms with Gasteiger partial charge in [0.15, 0.2) is 5.78 Å². The standard InChI is InChI=1S/C17H14N2O/c1-12(20)13-7-8-17-15(11-13)14-5-2-3-6-16(14)19(17)10-4-9-18/h2-3,5-8,11H,4,10H2,1H3. The lowest BCUT2D eigenvalue weighted by molar-refractivity contribution is 0.101. The molecule has 0 saturated carbocycles. The van der Waals surface area contributed by atoms with E-state index in [0.29, 0.717) is 13.0 Å². The second-order valence-corrected chi connectivity index (χ2v) is 4.87. The van der Waals surface area contributed by atoms with Crippen molar-refractivity contribution in [3.05, 3.63) is 48.0 Å². The third-order valence-electron chi connectivity index (χ3n) is 3.63. The van der Waals surface area contributed by atoms with E-state index in [9.17, 15) is 4.79 Å². The van der Waals surface area contributed by atoms with Crippen LogP contribution in [0.1, 0.15) is 23.7 Å². The highest BCUT2D eigenvalue weighted by Crippen LogP contribution is 2.30. The first-order valence-corrected chi connectivity index (χ1v) is 6.61. The predicted octanol–water partition coefficient (Wildman–Crippen LogP) is 3.91. The maximum absolute atomic E-state index is 11.6. The zero-order chi connectivity index (χ0) is 14.1. The molecule has 3 rings (SSSR count). The summed E-state index contributed by atoms with van der Waals surface area (Å²) in [6.45, 7) is 2.25. The average molecular weight is 262 g/mol. The van der Waals surface area contributed by atoms with Crippen LogP contribution >= 0.6 is 0 Å². The van der Waals surface area contributed by atoms with Gasteiger partial charge in [-0.3, -0.25) is 4.79 Å². The van der Waals surface area contributed by atoms with Crippen LogP contribution in [0.2, 0.25) is 0 Å². The monoisotopic (exact) mass is 262 g/mol. The van der Waals surface area contributed by atoms with Gasteiger partial charge in [-0.05, 0) is 31.2 Å². The highest BCUT2D eigenvalue weighted by atomic mass is 16.1. The molecule has 0 radical (unpaired) electrons. The van der Waals surface area contributed by atoms with Gasteiger partial charge in [0, 0.05) is 33.9 Å². The van der Waals surface area contributed by atoms with Crippen molar-refractivity contribution in [1.29, 1.82) is 5.26 Å².